The highest BCUT2D eigenvalue weighted by molar-refractivity contribution is 5.78. The van der Waals surface area contributed by atoms with Crippen molar-refractivity contribution in [3.63, 3.8) is 0 Å². The standard InChI is InChI=1S/C17H28N4O2/c1-14-19-16(20-23-14)17(9-5-2-3-6-10-17)18-13-15(22)21-11-7-4-8-12-21/h18H,2-13H2,1H3. The van der Waals surface area contributed by atoms with Gasteiger partial charge in [0.15, 0.2) is 5.82 Å². The molecule has 1 aliphatic carbocycles. The molecule has 1 saturated heterocycles. The van der Waals surface area contributed by atoms with Gasteiger partial charge in [0.25, 0.3) is 0 Å². The van der Waals surface area contributed by atoms with E-state index in [1.807, 2.05) is 11.8 Å². The van der Waals surface area contributed by atoms with E-state index in [2.05, 4.69) is 15.5 Å². The molecule has 0 unspecified atom stereocenters. The molecular weight excluding hydrogens is 292 g/mol. The van der Waals surface area contributed by atoms with Gasteiger partial charge in [-0.15, -0.1) is 0 Å². The van der Waals surface area contributed by atoms with Crippen LogP contribution in [0.25, 0.3) is 0 Å². The molecule has 1 aliphatic heterocycles. The van der Waals surface area contributed by atoms with Crippen LogP contribution in [0, 0.1) is 6.92 Å². The molecule has 128 valence electrons. The van der Waals surface area contributed by atoms with E-state index in [4.69, 9.17) is 4.52 Å². The Morgan fingerprint density at radius 3 is 2.39 bits per heavy atom. The molecular formula is C17H28N4O2. The lowest BCUT2D eigenvalue weighted by molar-refractivity contribution is -0.131. The zero-order valence-electron chi connectivity index (χ0n) is 14.1. The van der Waals surface area contributed by atoms with Crippen LogP contribution in [0.4, 0.5) is 0 Å². The molecule has 1 aromatic heterocycles. The lowest BCUT2D eigenvalue weighted by atomic mass is 9.89. The van der Waals surface area contributed by atoms with Gasteiger partial charge in [-0.25, -0.2) is 0 Å². The fourth-order valence-electron chi connectivity index (χ4n) is 3.81. The first-order valence-electron chi connectivity index (χ1n) is 9.03. The van der Waals surface area contributed by atoms with Crippen molar-refractivity contribution in [2.45, 2.75) is 70.3 Å². The Morgan fingerprint density at radius 2 is 1.78 bits per heavy atom. The monoisotopic (exact) mass is 320 g/mol. The van der Waals surface area contributed by atoms with Crippen molar-refractivity contribution in [2.24, 2.45) is 0 Å². The number of carbonyl (C=O) groups is 1. The molecule has 1 amide bonds. The molecule has 2 heterocycles. The fraction of sp³-hybridized carbons (Fsp3) is 0.824. The number of aromatic nitrogens is 2. The van der Waals surface area contributed by atoms with Crippen LogP contribution in [0.2, 0.25) is 0 Å². The third-order valence-corrected chi connectivity index (χ3v) is 5.20. The maximum absolute atomic E-state index is 12.5. The third kappa shape index (κ3) is 3.91. The maximum Gasteiger partial charge on any atom is 0.236 e. The first kappa shape index (κ1) is 16.4. The summed E-state index contributed by atoms with van der Waals surface area (Å²) in [5.41, 5.74) is -0.306. The first-order chi connectivity index (χ1) is 11.2. The highest BCUT2D eigenvalue weighted by Gasteiger charge is 2.37. The molecule has 2 fully saturated rings. The van der Waals surface area contributed by atoms with E-state index >= 15 is 0 Å². The highest BCUT2D eigenvalue weighted by atomic mass is 16.5. The summed E-state index contributed by atoms with van der Waals surface area (Å²) in [5, 5.41) is 7.70. The third-order valence-electron chi connectivity index (χ3n) is 5.20. The van der Waals surface area contributed by atoms with Gasteiger partial charge in [0.05, 0.1) is 12.1 Å². The number of hydrogen-bond acceptors (Lipinski definition) is 5. The van der Waals surface area contributed by atoms with Crippen molar-refractivity contribution < 1.29 is 9.32 Å². The molecule has 0 bridgehead atoms. The van der Waals surface area contributed by atoms with Gasteiger partial charge in [-0.05, 0) is 32.1 Å². The van der Waals surface area contributed by atoms with E-state index in [0.29, 0.717) is 12.4 Å². The van der Waals surface area contributed by atoms with Gasteiger partial charge in [-0.1, -0.05) is 30.8 Å². The molecule has 23 heavy (non-hydrogen) atoms. The number of rotatable bonds is 4. The summed E-state index contributed by atoms with van der Waals surface area (Å²) in [6, 6.07) is 0. The van der Waals surface area contributed by atoms with E-state index < -0.39 is 0 Å². The summed E-state index contributed by atoms with van der Waals surface area (Å²) in [5.74, 6) is 1.52. The number of piperidine rings is 1. The number of carbonyl (C=O) groups excluding carboxylic acids is 1. The summed E-state index contributed by atoms with van der Waals surface area (Å²) < 4.78 is 5.21. The van der Waals surface area contributed by atoms with Crippen LogP contribution in [0.15, 0.2) is 4.52 Å². The minimum Gasteiger partial charge on any atom is -0.342 e. The summed E-state index contributed by atoms with van der Waals surface area (Å²) in [6.45, 7) is 3.98. The van der Waals surface area contributed by atoms with Gasteiger partial charge in [0.2, 0.25) is 11.8 Å². The van der Waals surface area contributed by atoms with Crippen LogP contribution in [-0.2, 0) is 10.3 Å². The maximum atomic E-state index is 12.5. The minimum absolute atomic E-state index is 0.202. The smallest absolute Gasteiger partial charge is 0.236 e. The molecule has 6 heteroatoms. The lowest BCUT2D eigenvalue weighted by Gasteiger charge is -2.33. The van der Waals surface area contributed by atoms with Crippen molar-refractivity contribution >= 4 is 5.91 Å². The van der Waals surface area contributed by atoms with Crippen LogP contribution >= 0.6 is 0 Å². The zero-order valence-corrected chi connectivity index (χ0v) is 14.1. The SMILES string of the molecule is Cc1nc(C2(NCC(=O)N3CCCCC3)CCCCCC2)no1. The number of hydrogen-bond donors (Lipinski definition) is 1. The predicted octanol–water partition coefficient (Wildman–Crippen LogP) is 2.53. The summed E-state index contributed by atoms with van der Waals surface area (Å²) in [4.78, 5) is 19.0. The Kier molecular flexibility index (Phi) is 5.30. The largest absolute Gasteiger partial charge is 0.342 e. The van der Waals surface area contributed by atoms with Gasteiger partial charge < -0.3 is 9.42 Å². The van der Waals surface area contributed by atoms with Crippen LogP contribution < -0.4 is 5.32 Å². The van der Waals surface area contributed by atoms with E-state index in [-0.39, 0.29) is 11.4 Å². The normalized spacial score (nSPS) is 21.9. The molecule has 0 aromatic carbocycles. The van der Waals surface area contributed by atoms with Crippen LogP contribution in [-0.4, -0.2) is 40.6 Å². The molecule has 6 nitrogen and oxygen atoms in total. The zero-order chi connectivity index (χ0) is 16.1. The average molecular weight is 320 g/mol. The predicted molar refractivity (Wildman–Crippen MR) is 86.8 cm³/mol. The number of aryl methyl sites for hydroxylation is 1. The van der Waals surface area contributed by atoms with Gasteiger partial charge in [0.1, 0.15) is 0 Å². The summed E-state index contributed by atoms with van der Waals surface area (Å²) in [7, 11) is 0. The van der Waals surface area contributed by atoms with Gasteiger partial charge in [-0.3, -0.25) is 10.1 Å². The molecule has 3 rings (SSSR count). The minimum atomic E-state index is -0.306. The van der Waals surface area contributed by atoms with E-state index in [0.717, 1.165) is 57.4 Å². The Bertz CT molecular complexity index is 514. The Morgan fingerprint density at radius 1 is 1.13 bits per heavy atom. The number of likely N-dealkylation sites (tertiary alicyclic amines) is 1. The molecule has 0 atom stereocenters. The first-order valence-corrected chi connectivity index (χ1v) is 9.03. The van der Waals surface area contributed by atoms with Gasteiger partial charge in [-0.2, -0.15) is 4.98 Å². The van der Waals surface area contributed by atoms with E-state index in [1.54, 1.807) is 0 Å². The molecule has 2 aliphatic rings. The molecule has 0 radical (unpaired) electrons. The van der Waals surface area contributed by atoms with Crippen LogP contribution in [0.3, 0.4) is 0 Å². The van der Waals surface area contributed by atoms with Crippen molar-refractivity contribution in [1.29, 1.82) is 0 Å². The molecule has 1 saturated carbocycles. The van der Waals surface area contributed by atoms with Crippen molar-refractivity contribution in [3.8, 4) is 0 Å². The van der Waals surface area contributed by atoms with E-state index in [9.17, 15) is 4.79 Å². The topological polar surface area (TPSA) is 71.3 Å². The Balaban J connectivity index is 1.69. The number of nitrogens with one attached hydrogen (secondary N) is 1. The molecule has 0 spiro atoms. The fourth-order valence-corrected chi connectivity index (χ4v) is 3.81. The van der Waals surface area contributed by atoms with Crippen LogP contribution in [0.1, 0.15) is 69.5 Å². The Hall–Kier alpha value is -1.43. The highest BCUT2D eigenvalue weighted by Crippen LogP contribution is 2.34. The molecule has 1 N–H and O–H groups in total. The number of amides is 1. The lowest BCUT2D eigenvalue weighted by Crippen LogP contribution is -2.49. The molecule has 1 aromatic rings. The van der Waals surface area contributed by atoms with Crippen molar-refractivity contribution in [2.75, 3.05) is 19.6 Å². The number of nitrogens with zero attached hydrogens (tertiary/aromatic N) is 3. The van der Waals surface area contributed by atoms with Gasteiger partial charge in [0, 0.05) is 20.0 Å². The second-order valence-corrected chi connectivity index (χ2v) is 6.93. The Labute approximate surface area is 138 Å². The summed E-state index contributed by atoms with van der Waals surface area (Å²) in [6.07, 6.45) is 10.2. The average Bonchev–Trinajstić information content (AvgIpc) is 2.88. The van der Waals surface area contributed by atoms with Crippen molar-refractivity contribution in [1.82, 2.24) is 20.4 Å². The summed E-state index contributed by atoms with van der Waals surface area (Å²) >= 11 is 0. The second kappa shape index (κ2) is 7.43. The van der Waals surface area contributed by atoms with Crippen molar-refractivity contribution in [3.05, 3.63) is 11.7 Å². The van der Waals surface area contributed by atoms with Crippen LogP contribution in [0.5, 0.6) is 0 Å². The quantitative estimate of drug-likeness (QED) is 0.863. The van der Waals surface area contributed by atoms with E-state index in [1.165, 1.54) is 19.3 Å². The second-order valence-electron chi connectivity index (χ2n) is 6.93. The van der Waals surface area contributed by atoms with Gasteiger partial charge >= 0.3 is 0 Å².